The molecule has 0 aromatic rings. The molecule has 1 aliphatic heterocycles. The fourth-order valence-electron chi connectivity index (χ4n) is 2.81. The van der Waals surface area contributed by atoms with Crippen LogP contribution in [-0.4, -0.2) is 33.9 Å². The van der Waals surface area contributed by atoms with Crippen LogP contribution >= 0.6 is 0 Å². The van der Waals surface area contributed by atoms with Gasteiger partial charge in [0.05, 0.1) is 11.7 Å². The molecular weight excluding hydrogens is 260 g/mol. The Bertz CT molecular complexity index is 600. The second-order valence-electron chi connectivity index (χ2n) is 5.03. The Kier molecular flexibility index (Phi) is 2.93. The molecule has 0 bridgehead atoms. The first-order valence-electron chi connectivity index (χ1n) is 6.44. The predicted molar refractivity (Wildman–Crippen MR) is 71.2 cm³/mol. The molecule has 0 fully saturated rings. The number of carboxylic acid groups (broad SMARTS) is 2. The summed E-state index contributed by atoms with van der Waals surface area (Å²) in [5, 5.41) is 21.6. The van der Waals surface area contributed by atoms with E-state index in [4.69, 9.17) is 0 Å². The molecule has 2 aliphatic carbocycles. The molecule has 0 amide bonds. The molecule has 20 heavy (non-hydrogen) atoms. The summed E-state index contributed by atoms with van der Waals surface area (Å²) in [4.78, 5) is 27.0. The topological polar surface area (TPSA) is 99.0 Å². The van der Waals surface area contributed by atoms with Gasteiger partial charge < -0.3 is 15.5 Å². The number of fused-ring (bicyclic) bond motifs is 1. The van der Waals surface area contributed by atoms with Crippen molar-refractivity contribution in [2.45, 2.75) is 18.9 Å². The van der Waals surface area contributed by atoms with Crippen LogP contribution in [0.15, 0.2) is 40.7 Å². The average molecular weight is 274 g/mol. The maximum absolute atomic E-state index is 11.3. The summed E-state index contributed by atoms with van der Waals surface area (Å²) in [7, 11) is 0. The van der Waals surface area contributed by atoms with Gasteiger partial charge in [-0.3, -0.25) is 14.6 Å². The molecule has 0 saturated carbocycles. The van der Waals surface area contributed by atoms with Gasteiger partial charge in [0.2, 0.25) is 0 Å². The first kappa shape index (κ1) is 12.7. The number of nitrogens with zero attached hydrogens (tertiary/aromatic N) is 1. The van der Waals surface area contributed by atoms with Gasteiger partial charge in [-0.1, -0.05) is 24.3 Å². The number of rotatable bonds is 2. The Morgan fingerprint density at radius 3 is 2.60 bits per heavy atom. The van der Waals surface area contributed by atoms with Crippen molar-refractivity contribution >= 4 is 17.7 Å². The number of nitrogens with one attached hydrogen (secondary N) is 1. The highest BCUT2D eigenvalue weighted by molar-refractivity contribution is 5.98. The normalized spacial score (nSPS) is 31.0. The van der Waals surface area contributed by atoms with E-state index in [2.05, 4.69) is 10.3 Å². The number of carboxylic acids is 2. The summed E-state index contributed by atoms with van der Waals surface area (Å²) >= 11 is 0. The Labute approximate surface area is 115 Å². The lowest BCUT2D eigenvalue weighted by Gasteiger charge is -2.35. The van der Waals surface area contributed by atoms with E-state index in [1.165, 1.54) is 0 Å². The molecule has 0 saturated heterocycles. The van der Waals surface area contributed by atoms with Crippen molar-refractivity contribution in [1.82, 2.24) is 5.32 Å². The summed E-state index contributed by atoms with van der Waals surface area (Å²) in [5.41, 5.74) is 1.92. The molecule has 104 valence electrons. The van der Waals surface area contributed by atoms with Gasteiger partial charge in [0.25, 0.3) is 0 Å². The van der Waals surface area contributed by atoms with Crippen LogP contribution in [0.3, 0.4) is 0 Å². The van der Waals surface area contributed by atoms with Crippen LogP contribution < -0.4 is 5.32 Å². The standard InChI is InChI=1S/C14H14N2O4/c17-13(18)7-3-1-5-9-11(7)16-10-6-2-4-8(14(19)20)12(10)15-9/h1-4,7-8,11,16H,5-6H2,(H,17,18)(H,19,20)/t7-,8-,11+/m1/s1. The number of carbonyl (C=O) groups is 2. The third-order valence-electron chi connectivity index (χ3n) is 3.79. The van der Waals surface area contributed by atoms with E-state index < -0.39 is 23.8 Å². The maximum Gasteiger partial charge on any atom is 0.316 e. The van der Waals surface area contributed by atoms with E-state index in [9.17, 15) is 19.8 Å². The number of allylic oxidation sites excluding steroid dienone is 2. The van der Waals surface area contributed by atoms with Crippen molar-refractivity contribution in [1.29, 1.82) is 0 Å². The van der Waals surface area contributed by atoms with Crippen LogP contribution in [-0.2, 0) is 9.59 Å². The molecule has 6 heteroatoms. The van der Waals surface area contributed by atoms with Crippen molar-refractivity contribution in [3.05, 3.63) is 35.7 Å². The summed E-state index contributed by atoms with van der Waals surface area (Å²) < 4.78 is 0. The van der Waals surface area contributed by atoms with Crippen LogP contribution in [0.25, 0.3) is 0 Å². The lowest BCUT2D eigenvalue weighted by atomic mass is 9.85. The van der Waals surface area contributed by atoms with Crippen LogP contribution in [0, 0.1) is 11.8 Å². The third-order valence-corrected chi connectivity index (χ3v) is 3.79. The summed E-state index contributed by atoms with van der Waals surface area (Å²) in [6.07, 6.45) is 7.95. The molecule has 0 unspecified atom stereocenters. The van der Waals surface area contributed by atoms with Gasteiger partial charge >= 0.3 is 11.9 Å². The molecule has 3 N–H and O–H groups in total. The first-order valence-corrected chi connectivity index (χ1v) is 6.44. The highest BCUT2D eigenvalue weighted by Crippen LogP contribution is 2.32. The average Bonchev–Trinajstić information content (AvgIpc) is 2.43. The third kappa shape index (κ3) is 1.93. The highest BCUT2D eigenvalue weighted by atomic mass is 16.4. The van der Waals surface area contributed by atoms with E-state index in [0.717, 1.165) is 5.70 Å². The Balaban J connectivity index is 1.97. The second kappa shape index (κ2) is 4.63. The van der Waals surface area contributed by atoms with Crippen LogP contribution in [0.4, 0.5) is 0 Å². The number of hydrogen-bond acceptors (Lipinski definition) is 4. The smallest absolute Gasteiger partial charge is 0.316 e. The van der Waals surface area contributed by atoms with Gasteiger partial charge in [0.1, 0.15) is 11.8 Å². The molecule has 0 spiro atoms. The zero-order chi connectivity index (χ0) is 14.3. The van der Waals surface area contributed by atoms with Crippen molar-refractivity contribution < 1.29 is 19.8 Å². The maximum atomic E-state index is 11.3. The molecule has 6 nitrogen and oxygen atoms in total. The SMILES string of the molecule is O=C(O)[C@@H]1C=CCC2=C1N=C1CC=C[C@@H](C(=O)O)[C@@H]1N2. The van der Waals surface area contributed by atoms with Crippen LogP contribution in [0.2, 0.25) is 0 Å². The zero-order valence-corrected chi connectivity index (χ0v) is 10.6. The Hall–Kier alpha value is -2.37. The molecular formula is C14H14N2O4. The minimum Gasteiger partial charge on any atom is -0.481 e. The number of aliphatic imine (C=N–C) groups is 1. The van der Waals surface area contributed by atoms with Crippen molar-refractivity contribution in [2.75, 3.05) is 0 Å². The lowest BCUT2D eigenvalue weighted by molar-refractivity contribution is -0.141. The van der Waals surface area contributed by atoms with E-state index in [0.29, 0.717) is 24.3 Å². The van der Waals surface area contributed by atoms with Gasteiger partial charge in [-0.25, -0.2) is 0 Å². The summed E-state index contributed by atoms with van der Waals surface area (Å²) in [5.74, 6) is -3.27. The minimum absolute atomic E-state index is 0.378. The van der Waals surface area contributed by atoms with E-state index in [1.54, 1.807) is 24.3 Å². The van der Waals surface area contributed by atoms with Gasteiger partial charge in [-0.05, 0) is 0 Å². The fourth-order valence-corrected chi connectivity index (χ4v) is 2.81. The first-order chi connectivity index (χ1) is 9.58. The van der Waals surface area contributed by atoms with Crippen LogP contribution in [0.1, 0.15) is 12.8 Å². The zero-order valence-electron chi connectivity index (χ0n) is 10.6. The van der Waals surface area contributed by atoms with Gasteiger partial charge in [-0.15, -0.1) is 0 Å². The van der Waals surface area contributed by atoms with Crippen molar-refractivity contribution in [3.63, 3.8) is 0 Å². The molecule has 3 rings (SSSR count). The van der Waals surface area contributed by atoms with E-state index in [-0.39, 0.29) is 6.04 Å². The molecule has 0 aromatic carbocycles. The second-order valence-corrected chi connectivity index (χ2v) is 5.03. The van der Waals surface area contributed by atoms with Crippen LogP contribution in [0.5, 0.6) is 0 Å². The highest BCUT2D eigenvalue weighted by Gasteiger charge is 2.38. The van der Waals surface area contributed by atoms with Crippen molar-refractivity contribution in [2.24, 2.45) is 16.8 Å². The monoisotopic (exact) mass is 274 g/mol. The van der Waals surface area contributed by atoms with Gasteiger partial charge in [0.15, 0.2) is 0 Å². The number of hydrogen-bond donors (Lipinski definition) is 3. The van der Waals surface area contributed by atoms with E-state index in [1.807, 2.05) is 0 Å². The Morgan fingerprint density at radius 2 is 1.90 bits per heavy atom. The molecule has 3 aliphatic rings. The summed E-state index contributed by atoms with van der Waals surface area (Å²) in [6.45, 7) is 0. The van der Waals surface area contributed by atoms with Crippen molar-refractivity contribution in [3.8, 4) is 0 Å². The quantitative estimate of drug-likeness (QED) is 0.651. The molecule has 0 radical (unpaired) electrons. The fraction of sp³-hybridized carbons (Fsp3) is 0.357. The predicted octanol–water partition coefficient (Wildman–Crippen LogP) is 0.932. The molecule has 0 aromatic heterocycles. The number of aliphatic carboxylic acids is 2. The largest absolute Gasteiger partial charge is 0.481 e. The Morgan fingerprint density at radius 1 is 1.15 bits per heavy atom. The van der Waals surface area contributed by atoms with Gasteiger partial charge in [-0.2, -0.15) is 0 Å². The van der Waals surface area contributed by atoms with Gasteiger partial charge in [0, 0.05) is 24.3 Å². The summed E-state index contributed by atoms with van der Waals surface area (Å²) in [6, 6.07) is -0.378. The lowest BCUT2D eigenvalue weighted by Crippen LogP contribution is -2.49. The molecule has 3 atom stereocenters. The van der Waals surface area contributed by atoms with E-state index >= 15 is 0 Å². The minimum atomic E-state index is -0.945. The molecule has 1 heterocycles.